The van der Waals surface area contributed by atoms with E-state index < -0.39 is 0 Å². The van der Waals surface area contributed by atoms with Crippen LogP contribution >= 0.6 is 11.3 Å². The fourth-order valence-corrected chi connectivity index (χ4v) is 9.16. The third-order valence-electron chi connectivity index (χ3n) is 9.74. The Bertz CT molecular complexity index is 3010. The minimum Gasteiger partial charge on any atom is -0.455 e. The van der Waals surface area contributed by atoms with Crippen LogP contribution in [-0.2, 0) is 0 Å². The summed E-state index contributed by atoms with van der Waals surface area (Å²) in [5.41, 5.74) is 5.52. The second kappa shape index (κ2) is 8.50. The van der Waals surface area contributed by atoms with Crippen LogP contribution < -0.4 is 0 Å². The van der Waals surface area contributed by atoms with Crippen molar-refractivity contribution in [3.05, 3.63) is 140 Å². The molecule has 11 rings (SSSR count). The molecule has 0 saturated carbocycles. The number of rotatable bonds is 1. The highest BCUT2D eigenvalue weighted by Gasteiger charge is 2.25. The highest BCUT2D eigenvalue weighted by atomic mass is 32.1. The Morgan fingerprint density at radius 2 is 1.02 bits per heavy atom. The molecule has 0 radical (unpaired) electrons. The van der Waals surface area contributed by atoms with Crippen molar-refractivity contribution >= 4 is 108 Å². The number of para-hydroxylation sites is 2. The van der Waals surface area contributed by atoms with Gasteiger partial charge in [0.2, 0.25) is 0 Å². The van der Waals surface area contributed by atoms with E-state index in [1.807, 2.05) is 11.3 Å². The average molecular weight is 590 g/mol. The van der Waals surface area contributed by atoms with E-state index in [-0.39, 0.29) is 0 Å². The van der Waals surface area contributed by atoms with Crippen molar-refractivity contribution in [3.63, 3.8) is 0 Å². The molecule has 0 N–H and O–H groups in total. The molecule has 0 unspecified atom stereocenters. The zero-order chi connectivity index (χ0) is 29.2. The predicted molar refractivity (Wildman–Crippen MR) is 193 cm³/mol. The first kappa shape index (κ1) is 23.8. The Balaban J connectivity index is 1.40. The van der Waals surface area contributed by atoms with Crippen LogP contribution in [0.1, 0.15) is 0 Å². The lowest BCUT2D eigenvalue weighted by Gasteiger charge is -2.14. The largest absolute Gasteiger partial charge is 0.455 e. The maximum atomic E-state index is 6.75. The molecule has 2 nitrogen and oxygen atoms in total. The van der Waals surface area contributed by atoms with Gasteiger partial charge in [0.15, 0.2) is 0 Å². The molecule has 0 spiro atoms. The Morgan fingerprint density at radius 1 is 0.444 bits per heavy atom. The highest BCUT2D eigenvalue weighted by Crippen LogP contribution is 2.50. The number of nitrogens with zero attached hydrogens (tertiary/aromatic N) is 1. The Kier molecular flexibility index (Phi) is 4.49. The van der Waals surface area contributed by atoms with Gasteiger partial charge >= 0.3 is 0 Å². The summed E-state index contributed by atoms with van der Waals surface area (Å²) >= 11 is 1.87. The lowest BCUT2D eigenvalue weighted by atomic mass is 9.94. The average Bonchev–Trinajstić information content (AvgIpc) is 3.78. The summed E-state index contributed by atoms with van der Waals surface area (Å²) in [6, 6.07) is 50.8. The Morgan fingerprint density at radius 3 is 1.78 bits per heavy atom. The van der Waals surface area contributed by atoms with E-state index in [1.165, 1.54) is 85.4 Å². The highest BCUT2D eigenvalue weighted by molar-refractivity contribution is 7.27. The number of aromatic nitrogens is 1. The van der Waals surface area contributed by atoms with Crippen LogP contribution in [-0.4, -0.2) is 4.57 Å². The summed E-state index contributed by atoms with van der Waals surface area (Å²) in [6.45, 7) is 0. The molecule has 0 fully saturated rings. The zero-order valence-electron chi connectivity index (χ0n) is 24.0. The van der Waals surface area contributed by atoms with Gasteiger partial charge in [-0.3, -0.25) is 0 Å². The molecule has 8 aromatic carbocycles. The van der Waals surface area contributed by atoms with Crippen LogP contribution in [0.4, 0.5) is 0 Å². The summed E-state index contributed by atoms with van der Waals surface area (Å²) in [6.07, 6.45) is 0. The van der Waals surface area contributed by atoms with Crippen molar-refractivity contribution < 1.29 is 4.42 Å². The van der Waals surface area contributed by atoms with E-state index in [2.05, 4.69) is 144 Å². The number of benzene rings is 8. The smallest absolute Gasteiger partial charge is 0.145 e. The fraction of sp³-hybridized carbons (Fsp3) is 0. The molecule has 208 valence electrons. The van der Waals surface area contributed by atoms with Crippen molar-refractivity contribution in [1.82, 2.24) is 4.57 Å². The number of hydrogen-bond donors (Lipinski definition) is 0. The lowest BCUT2D eigenvalue weighted by Crippen LogP contribution is -1.95. The van der Waals surface area contributed by atoms with Crippen LogP contribution in [0, 0.1) is 0 Å². The molecule has 3 heteroatoms. The van der Waals surface area contributed by atoms with E-state index in [9.17, 15) is 0 Å². The van der Waals surface area contributed by atoms with Gasteiger partial charge in [-0.15, -0.1) is 11.3 Å². The molecule has 0 aliphatic heterocycles. The fourth-order valence-electron chi connectivity index (χ4n) is 7.92. The topological polar surface area (TPSA) is 18.1 Å². The van der Waals surface area contributed by atoms with Crippen LogP contribution in [0.2, 0.25) is 0 Å². The number of hydrogen-bond acceptors (Lipinski definition) is 2. The monoisotopic (exact) mass is 589 g/mol. The van der Waals surface area contributed by atoms with Gasteiger partial charge < -0.3 is 8.98 Å². The molecule has 45 heavy (non-hydrogen) atoms. The van der Waals surface area contributed by atoms with Gasteiger partial charge in [-0.2, -0.15) is 0 Å². The third kappa shape index (κ3) is 2.98. The Labute approximate surface area is 260 Å². The quantitative estimate of drug-likeness (QED) is 0.174. The van der Waals surface area contributed by atoms with Crippen LogP contribution in [0.15, 0.2) is 144 Å². The number of furan rings is 1. The standard InChI is InChI=1S/C42H23NOS/c1-2-13-27-25(11-1)26-12-3-4-14-28(26)33-23-24(21-22-29(27)33)43-34-18-8-5-15-30(34)37-38-31-16-6-9-19-35(31)44-41(38)39-32-17-7-10-20-36(32)45-42(39)40(37)43/h1-23H. The van der Waals surface area contributed by atoms with E-state index in [1.54, 1.807) is 0 Å². The molecule has 0 amide bonds. The van der Waals surface area contributed by atoms with Crippen molar-refractivity contribution in [2.45, 2.75) is 0 Å². The van der Waals surface area contributed by atoms with Crippen LogP contribution in [0.3, 0.4) is 0 Å². The van der Waals surface area contributed by atoms with Gasteiger partial charge in [-0.05, 0) is 62.6 Å². The lowest BCUT2D eigenvalue weighted by molar-refractivity contribution is 0.673. The molecule has 0 aliphatic rings. The molecule has 3 heterocycles. The van der Waals surface area contributed by atoms with Gasteiger partial charge in [0.05, 0.1) is 15.7 Å². The molecular formula is C42H23NOS. The molecular weight excluding hydrogens is 567 g/mol. The molecule has 0 aliphatic carbocycles. The normalized spacial score (nSPS) is 12.4. The van der Waals surface area contributed by atoms with Gasteiger partial charge in [0.1, 0.15) is 11.2 Å². The minimum atomic E-state index is 0.928. The summed E-state index contributed by atoms with van der Waals surface area (Å²) in [4.78, 5) is 0. The molecule has 0 saturated heterocycles. The van der Waals surface area contributed by atoms with Crippen molar-refractivity contribution in [3.8, 4) is 5.69 Å². The van der Waals surface area contributed by atoms with Crippen molar-refractivity contribution in [1.29, 1.82) is 0 Å². The maximum Gasteiger partial charge on any atom is 0.145 e. The van der Waals surface area contributed by atoms with E-state index in [0.717, 1.165) is 16.6 Å². The summed E-state index contributed by atoms with van der Waals surface area (Å²) in [5, 5.41) is 15.0. The Hall–Kier alpha value is -5.64. The summed E-state index contributed by atoms with van der Waals surface area (Å²) < 4.78 is 11.8. The SMILES string of the molecule is c1ccc2c(c1)oc1c3c4ccccc4sc3c3c(c4ccccc4n3-c3ccc4c5ccccc5c5ccccc5c4c3)c21. The van der Waals surface area contributed by atoms with Gasteiger partial charge in [0, 0.05) is 42.7 Å². The zero-order valence-corrected chi connectivity index (χ0v) is 24.9. The molecule has 0 atom stereocenters. The summed E-state index contributed by atoms with van der Waals surface area (Å²) in [5.74, 6) is 0. The van der Waals surface area contributed by atoms with Crippen LogP contribution in [0.5, 0.6) is 0 Å². The van der Waals surface area contributed by atoms with Gasteiger partial charge in [-0.25, -0.2) is 0 Å². The second-order valence-corrected chi connectivity index (χ2v) is 13.1. The molecule has 11 aromatic rings. The first-order valence-electron chi connectivity index (χ1n) is 15.4. The van der Waals surface area contributed by atoms with E-state index in [4.69, 9.17) is 4.42 Å². The van der Waals surface area contributed by atoms with E-state index >= 15 is 0 Å². The molecule has 0 bridgehead atoms. The van der Waals surface area contributed by atoms with Gasteiger partial charge in [-0.1, -0.05) is 109 Å². The van der Waals surface area contributed by atoms with E-state index in [0.29, 0.717) is 0 Å². The molecule has 3 aromatic heterocycles. The first-order chi connectivity index (χ1) is 22.3. The van der Waals surface area contributed by atoms with Crippen LogP contribution in [0.25, 0.3) is 102 Å². The number of thiophene rings is 1. The van der Waals surface area contributed by atoms with Crippen molar-refractivity contribution in [2.75, 3.05) is 0 Å². The predicted octanol–water partition coefficient (Wildman–Crippen LogP) is 12.5. The van der Waals surface area contributed by atoms with Crippen molar-refractivity contribution in [2.24, 2.45) is 0 Å². The van der Waals surface area contributed by atoms with Gasteiger partial charge in [0.25, 0.3) is 0 Å². The number of fused-ring (bicyclic) bond motifs is 18. The third-order valence-corrected chi connectivity index (χ3v) is 10.9. The summed E-state index contributed by atoms with van der Waals surface area (Å²) in [7, 11) is 0. The second-order valence-electron chi connectivity index (χ2n) is 12.0. The minimum absolute atomic E-state index is 0.928. The first-order valence-corrected chi connectivity index (χ1v) is 16.2. The maximum absolute atomic E-state index is 6.75.